The predicted octanol–water partition coefficient (Wildman–Crippen LogP) is 15.6. The average Bonchev–Trinajstić information content (AvgIpc) is 3.79. The first-order valence-electron chi connectivity index (χ1n) is 17.7. The molecule has 10 aromatic rings. The van der Waals surface area contributed by atoms with E-state index in [1.165, 1.54) is 5.56 Å². The first kappa shape index (κ1) is 31.4. The Morgan fingerprint density at radius 3 is 1.39 bits per heavy atom. The van der Waals surface area contributed by atoms with E-state index in [9.17, 15) is 0 Å². The normalized spacial score (nSPS) is 12.4. The van der Waals surface area contributed by atoms with Crippen LogP contribution in [0.1, 0.15) is 0 Å². The number of nitrogens with zero attached hydrogens (tertiary/aromatic N) is 1. The van der Waals surface area contributed by atoms with Crippen LogP contribution in [0.4, 0.5) is 17.1 Å². The van der Waals surface area contributed by atoms with Gasteiger partial charge in [-0.15, -0.1) is 0 Å². The minimum atomic E-state index is 0.737. The topological polar surface area (TPSA) is 38.8 Å². The molecule has 0 atom stereocenters. The monoisotopic (exact) mass is 823 g/mol. The Morgan fingerprint density at radius 1 is 0.389 bits per heavy atom. The summed E-state index contributed by atoms with van der Waals surface area (Å²) in [6, 6.07) is 56.8. The SMILES string of the molecule is Brc1cc2c(cc1-c1cccc3c1oc1ccccc13)N(c1ccc(-c3ccccc3)cc1)c1cc(-c3cccc4c3oc3ccccc34)c(Br)cc1O2. The number of rotatable bonds is 4. The Morgan fingerprint density at radius 2 is 0.852 bits per heavy atom. The fourth-order valence-corrected chi connectivity index (χ4v) is 8.96. The van der Waals surface area contributed by atoms with E-state index in [0.717, 1.165) is 109 Å². The minimum absolute atomic E-state index is 0.737. The van der Waals surface area contributed by atoms with Crippen LogP contribution < -0.4 is 9.64 Å². The summed E-state index contributed by atoms with van der Waals surface area (Å²) in [5.74, 6) is 1.47. The molecule has 0 aliphatic carbocycles. The lowest BCUT2D eigenvalue weighted by Gasteiger charge is -2.34. The predicted molar refractivity (Wildman–Crippen MR) is 227 cm³/mol. The summed E-state index contributed by atoms with van der Waals surface area (Å²) in [6.45, 7) is 0. The molecular formula is C48H27Br2NO3. The molecule has 0 fully saturated rings. The quantitative estimate of drug-likeness (QED) is 0.177. The molecule has 1 aliphatic rings. The first-order valence-corrected chi connectivity index (χ1v) is 19.3. The zero-order valence-corrected chi connectivity index (χ0v) is 31.7. The smallest absolute Gasteiger partial charge is 0.152 e. The lowest BCUT2D eigenvalue weighted by atomic mass is 9.98. The summed E-state index contributed by atoms with van der Waals surface area (Å²) < 4.78 is 21.6. The molecule has 11 rings (SSSR count). The van der Waals surface area contributed by atoms with E-state index < -0.39 is 0 Å². The third-order valence-corrected chi connectivity index (χ3v) is 11.7. The fourth-order valence-electron chi connectivity index (χ4n) is 7.89. The zero-order chi connectivity index (χ0) is 35.9. The number of hydrogen-bond donors (Lipinski definition) is 0. The van der Waals surface area contributed by atoms with Crippen molar-refractivity contribution < 1.29 is 13.6 Å². The number of fused-ring (bicyclic) bond motifs is 8. The summed E-state index contributed by atoms with van der Waals surface area (Å²) >= 11 is 7.85. The summed E-state index contributed by atoms with van der Waals surface area (Å²) in [4.78, 5) is 2.30. The van der Waals surface area contributed by atoms with Gasteiger partial charge in [0.05, 0.1) is 11.4 Å². The van der Waals surface area contributed by atoms with Crippen LogP contribution in [0.15, 0.2) is 182 Å². The fraction of sp³-hybridized carbons (Fsp3) is 0. The van der Waals surface area contributed by atoms with Gasteiger partial charge in [0.2, 0.25) is 0 Å². The van der Waals surface area contributed by atoms with Crippen LogP contribution in [-0.4, -0.2) is 0 Å². The largest absolute Gasteiger partial charge is 0.455 e. The minimum Gasteiger partial charge on any atom is -0.455 e. The maximum atomic E-state index is 6.79. The summed E-state index contributed by atoms with van der Waals surface area (Å²) in [7, 11) is 0. The van der Waals surface area contributed by atoms with Gasteiger partial charge in [0.1, 0.15) is 22.3 Å². The van der Waals surface area contributed by atoms with Crippen LogP contribution >= 0.6 is 31.9 Å². The maximum absolute atomic E-state index is 6.79. The first-order chi connectivity index (χ1) is 26.6. The maximum Gasteiger partial charge on any atom is 0.152 e. The number of anilines is 3. The van der Waals surface area contributed by atoms with Crippen molar-refractivity contribution in [3.63, 3.8) is 0 Å². The third-order valence-electron chi connectivity index (χ3n) is 10.4. The number of benzene rings is 8. The zero-order valence-electron chi connectivity index (χ0n) is 28.5. The molecule has 8 aromatic carbocycles. The Labute approximate surface area is 327 Å². The highest BCUT2D eigenvalue weighted by Gasteiger charge is 2.30. The molecule has 54 heavy (non-hydrogen) atoms. The Bertz CT molecular complexity index is 2940. The van der Waals surface area contributed by atoms with Crippen LogP contribution in [0.2, 0.25) is 0 Å². The molecule has 0 spiro atoms. The lowest BCUT2D eigenvalue weighted by molar-refractivity contribution is 0.476. The van der Waals surface area contributed by atoms with E-state index in [2.05, 4.69) is 170 Å². The van der Waals surface area contributed by atoms with Crippen LogP contribution in [0.25, 0.3) is 77.3 Å². The van der Waals surface area contributed by atoms with Gasteiger partial charge in [-0.1, -0.05) is 147 Å². The van der Waals surface area contributed by atoms with Crippen LogP contribution in [0.3, 0.4) is 0 Å². The molecule has 2 aromatic heterocycles. The highest BCUT2D eigenvalue weighted by atomic mass is 79.9. The van der Waals surface area contributed by atoms with Gasteiger partial charge < -0.3 is 18.5 Å². The van der Waals surface area contributed by atoms with Gasteiger partial charge in [0, 0.05) is 58.4 Å². The van der Waals surface area contributed by atoms with Gasteiger partial charge in [-0.05, 0) is 59.7 Å². The van der Waals surface area contributed by atoms with Crippen LogP contribution in [0, 0.1) is 0 Å². The number of halogens is 2. The van der Waals surface area contributed by atoms with E-state index in [1.54, 1.807) is 0 Å². The van der Waals surface area contributed by atoms with Crippen molar-refractivity contribution in [1.82, 2.24) is 0 Å². The van der Waals surface area contributed by atoms with Crippen molar-refractivity contribution in [3.8, 4) is 44.9 Å². The highest BCUT2D eigenvalue weighted by Crippen LogP contribution is 2.56. The molecular weight excluding hydrogens is 798 g/mol. The van der Waals surface area contributed by atoms with E-state index in [-0.39, 0.29) is 0 Å². The van der Waals surface area contributed by atoms with E-state index >= 15 is 0 Å². The van der Waals surface area contributed by atoms with Gasteiger partial charge >= 0.3 is 0 Å². The number of hydrogen-bond acceptors (Lipinski definition) is 4. The number of ether oxygens (including phenoxy) is 1. The third kappa shape index (κ3) is 4.87. The molecule has 3 heterocycles. The van der Waals surface area contributed by atoms with Crippen molar-refractivity contribution in [1.29, 1.82) is 0 Å². The molecule has 4 nitrogen and oxygen atoms in total. The van der Waals surface area contributed by atoms with Crippen LogP contribution in [-0.2, 0) is 0 Å². The van der Waals surface area contributed by atoms with Gasteiger partial charge in [-0.2, -0.15) is 0 Å². The Balaban J connectivity index is 1.13. The molecule has 1 aliphatic heterocycles. The van der Waals surface area contributed by atoms with E-state index in [1.807, 2.05) is 30.3 Å². The van der Waals surface area contributed by atoms with E-state index in [4.69, 9.17) is 13.6 Å². The standard InChI is InChI=1S/C48H27Br2NO3/c49-39-26-45-41(24-37(39)35-16-8-14-33-31-12-4-6-18-43(31)53-47(33)35)51(30-22-20-29(21-23-30)28-10-2-1-3-11-28)42-25-38(40(50)27-46(42)52-45)36-17-9-15-34-32-13-5-7-19-44(32)54-48(34)36/h1-27H. The molecule has 0 unspecified atom stereocenters. The van der Waals surface area contributed by atoms with Crippen molar-refractivity contribution in [2.24, 2.45) is 0 Å². The molecule has 256 valence electrons. The highest BCUT2D eigenvalue weighted by molar-refractivity contribution is 9.11. The second-order valence-electron chi connectivity index (χ2n) is 13.5. The number of para-hydroxylation sites is 4. The lowest BCUT2D eigenvalue weighted by Crippen LogP contribution is -2.16. The summed E-state index contributed by atoms with van der Waals surface area (Å²) in [5, 5.41) is 4.35. The Kier molecular flexibility index (Phi) is 7.13. The molecule has 0 amide bonds. The van der Waals surface area contributed by atoms with Gasteiger partial charge in [-0.3, -0.25) is 0 Å². The van der Waals surface area contributed by atoms with Gasteiger partial charge in [0.25, 0.3) is 0 Å². The van der Waals surface area contributed by atoms with Crippen molar-refractivity contribution in [2.75, 3.05) is 4.90 Å². The molecule has 6 heteroatoms. The average molecular weight is 826 g/mol. The van der Waals surface area contributed by atoms with Gasteiger partial charge in [-0.25, -0.2) is 0 Å². The second kappa shape index (κ2) is 12.2. The molecule has 0 bridgehead atoms. The molecule has 0 saturated carbocycles. The van der Waals surface area contributed by atoms with Crippen molar-refractivity contribution in [2.45, 2.75) is 0 Å². The summed E-state index contributed by atoms with van der Waals surface area (Å²) in [6.07, 6.45) is 0. The van der Waals surface area contributed by atoms with Crippen LogP contribution in [0.5, 0.6) is 11.5 Å². The molecule has 0 radical (unpaired) electrons. The number of furan rings is 2. The second-order valence-corrected chi connectivity index (χ2v) is 15.2. The molecule has 0 saturated heterocycles. The van der Waals surface area contributed by atoms with Gasteiger partial charge in [0.15, 0.2) is 11.5 Å². The van der Waals surface area contributed by atoms with Crippen molar-refractivity contribution in [3.05, 3.63) is 173 Å². The Hall–Kier alpha value is -6.08. The summed E-state index contributed by atoms with van der Waals surface area (Å²) in [5.41, 5.74) is 12.6. The molecule has 0 N–H and O–H groups in total. The van der Waals surface area contributed by atoms with Crippen molar-refractivity contribution >= 4 is 92.8 Å². The van der Waals surface area contributed by atoms with E-state index in [0.29, 0.717) is 0 Å².